The molecule has 1 aliphatic carbocycles. The molecule has 1 aliphatic rings. The Labute approximate surface area is 111 Å². The molecule has 1 amide bonds. The molecule has 0 spiro atoms. The third-order valence-electron chi connectivity index (χ3n) is 3.52. The van der Waals surface area contributed by atoms with Crippen LogP contribution in [0.25, 0.3) is 0 Å². The van der Waals surface area contributed by atoms with Crippen LogP contribution in [0.3, 0.4) is 0 Å². The van der Waals surface area contributed by atoms with Crippen LogP contribution in [0.2, 0.25) is 0 Å². The number of alkyl halides is 1. The SMILES string of the molecule is CC1CCC(CCl)(NC(=O)c2cncs2)CC1. The maximum Gasteiger partial charge on any atom is 0.263 e. The molecule has 3 nitrogen and oxygen atoms in total. The Morgan fingerprint density at radius 2 is 2.35 bits per heavy atom. The normalized spacial score (nSPS) is 28.9. The number of hydrogen-bond donors (Lipinski definition) is 1. The van der Waals surface area contributed by atoms with Crippen LogP contribution in [0.4, 0.5) is 0 Å². The predicted molar refractivity (Wildman–Crippen MR) is 70.7 cm³/mol. The summed E-state index contributed by atoms with van der Waals surface area (Å²) in [5.74, 6) is 1.19. The second-order valence-electron chi connectivity index (χ2n) is 4.92. The van der Waals surface area contributed by atoms with Gasteiger partial charge in [0.05, 0.1) is 17.2 Å². The molecule has 5 heteroatoms. The maximum absolute atomic E-state index is 12.0. The summed E-state index contributed by atoms with van der Waals surface area (Å²) in [6.07, 6.45) is 5.82. The number of nitrogens with zero attached hydrogens (tertiary/aromatic N) is 1. The molecule has 1 N–H and O–H groups in total. The lowest BCUT2D eigenvalue weighted by Gasteiger charge is -2.38. The minimum absolute atomic E-state index is 0.0392. The van der Waals surface area contributed by atoms with Crippen LogP contribution in [0, 0.1) is 5.92 Å². The first kappa shape index (κ1) is 12.8. The topological polar surface area (TPSA) is 42.0 Å². The lowest BCUT2D eigenvalue weighted by Crippen LogP contribution is -2.52. The quantitative estimate of drug-likeness (QED) is 0.860. The monoisotopic (exact) mass is 272 g/mol. The van der Waals surface area contributed by atoms with E-state index in [1.807, 2.05) is 0 Å². The van der Waals surface area contributed by atoms with Gasteiger partial charge in [-0.3, -0.25) is 9.78 Å². The van der Waals surface area contributed by atoms with E-state index < -0.39 is 0 Å². The average molecular weight is 273 g/mol. The Morgan fingerprint density at radius 1 is 1.65 bits per heavy atom. The number of thiazole rings is 1. The lowest BCUT2D eigenvalue weighted by molar-refractivity contribution is 0.0876. The molecule has 0 atom stereocenters. The molecular formula is C12H17ClN2OS. The van der Waals surface area contributed by atoms with Gasteiger partial charge in [0.2, 0.25) is 0 Å². The number of rotatable bonds is 3. The standard InChI is InChI=1S/C12H17ClN2OS/c1-9-2-4-12(7-13,5-3-9)15-11(16)10-6-14-8-17-10/h6,8-9H,2-5,7H2,1H3,(H,15,16). The Morgan fingerprint density at radius 3 is 2.88 bits per heavy atom. The molecule has 0 bridgehead atoms. The van der Waals surface area contributed by atoms with Gasteiger partial charge in [0.1, 0.15) is 4.88 Å². The Kier molecular flexibility index (Phi) is 4.05. The zero-order valence-corrected chi connectivity index (χ0v) is 11.5. The van der Waals surface area contributed by atoms with E-state index in [1.54, 1.807) is 11.7 Å². The summed E-state index contributed by atoms with van der Waals surface area (Å²) in [7, 11) is 0. The van der Waals surface area contributed by atoms with Crippen molar-refractivity contribution in [2.75, 3.05) is 5.88 Å². The molecule has 2 rings (SSSR count). The summed E-state index contributed by atoms with van der Waals surface area (Å²) in [5.41, 5.74) is 1.46. The summed E-state index contributed by atoms with van der Waals surface area (Å²) >= 11 is 7.43. The van der Waals surface area contributed by atoms with Crippen molar-refractivity contribution in [2.24, 2.45) is 5.92 Å². The van der Waals surface area contributed by atoms with Gasteiger partial charge in [-0.2, -0.15) is 0 Å². The highest BCUT2D eigenvalue weighted by Crippen LogP contribution is 2.33. The van der Waals surface area contributed by atoms with Crippen molar-refractivity contribution in [3.05, 3.63) is 16.6 Å². The third-order valence-corrected chi connectivity index (χ3v) is 4.81. The molecular weight excluding hydrogens is 256 g/mol. The van der Waals surface area contributed by atoms with Crippen LogP contribution in [0.5, 0.6) is 0 Å². The van der Waals surface area contributed by atoms with E-state index in [0.29, 0.717) is 10.8 Å². The van der Waals surface area contributed by atoms with Crippen molar-refractivity contribution in [1.29, 1.82) is 0 Å². The second-order valence-corrected chi connectivity index (χ2v) is 6.07. The van der Waals surface area contributed by atoms with E-state index in [1.165, 1.54) is 11.3 Å². The second kappa shape index (κ2) is 5.36. The number of hydrogen-bond acceptors (Lipinski definition) is 3. The summed E-state index contributed by atoms with van der Waals surface area (Å²) in [4.78, 5) is 16.6. The summed E-state index contributed by atoms with van der Waals surface area (Å²) in [6.45, 7) is 2.25. The van der Waals surface area contributed by atoms with E-state index in [4.69, 9.17) is 11.6 Å². The fraction of sp³-hybridized carbons (Fsp3) is 0.667. The highest BCUT2D eigenvalue weighted by atomic mass is 35.5. The largest absolute Gasteiger partial charge is 0.345 e. The van der Waals surface area contributed by atoms with Crippen LogP contribution >= 0.6 is 22.9 Å². The van der Waals surface area contributed by atoms with Crippen molar-refractivity contribution in [1.82, 2.24) is 10.3 Å². The molecule has 0 radical (unpaired) electrons. The minimum atomic E-state index is -0.213. The maximum atomic E-state index is 12.0. The first-order valence-electron chi connectivity index (χ1n) is 5.92. The smallest absolute Gasteiger partial charge is 0.263 e. The van der Waals surface area contributed by atoms with Crippen LogP contribution in [0.15, 0.2) is 11.7 Å². The molecule has 1 fully saturated rings. The Balaban J connectivity index is 2.02. The lowest BCUT2D eigenvalue weighted by atomic mass is 9.78. The number of aromatic nitrogens is 1. The highest BCUT2D eigenvalue weighted by Gasteiger charge is 2.35. The van der Waals surface area contributed by atoms with Crippen molar-refractivity contribution >= 4 is 28.8 Å². The van der Waals surface area contributed by atoms with Gasteiger partial charge in [0.15, 0.2) is 0 Å². The van der Waals surface area contributed by atoms with Gasteiger partial charge in [-0.25, -0.2) is 0 Å². The fourth-order valence-corrected chi connectivity index (χ4v) is 3.09. The van der Waals surface area contributed by atoms with Crippen molar-refractivity contribution in [3.63, 3.8) is 0 Å². The van der Waals surface area contributed by atoms with Gasteiger partial charge in [0, 0.05) is 5.88 Å². The van der Waals surface area contributed by atoms with Crippen molar-refractivity contribution < 1.29 is 4.79 Å². The highest BCUT2D eigenvalue weighted by molar-refractivity contribution is 7.11. The zero-order valence-electron chi connectivity index (χ0n) is 9.91. The molecule has 1 saturated carbocycles. The van der Waals surface area contributed by atoms with E-state index in [-0.39, 0.29) is 11.4 Å². The van der Waals surface area contributed by atoms with Gasteiger partial charge in [-0.1, -0.05) is 6.92 Å². The van der Waals surface area contributed by atoms with Crippen LogP contribution < -0.4 is 5.32 Å². The minimum Gasteiger partial charge on any atom is -0.345 e. The first-order valence-corrected chi connectivity index (χ1v) is 7.33. The molecule has 94 valence electrons. The number of nitrogens with one attached hydrogen (secondary N) is 1. The van der Waals surface area contributed by atoms with Crippen molar-refractivity contribution in [3.8, 4) is 0 Å². The van der Waals surface area contributed by atoms with Gasteiger partial charge in [-0.05, 0) is 31.6 Å². The van der Waals surface area contributed by atoms with Crippen molar-refractivity contribution in [2.45, 2.75) is 38.1 Å². The molecule has 1 aromatic heterocycles. The van der Waals surface area contributed by atoms with E-state index in [2.05, 4.69) is 17.2 Å². The molecule has 1 heterocycles. The Bertz CT molecular complexity index is 372. The molecule has 0 aliphatic heterocycles. The number of carbonyl (C=O) groups is 1. The van der Waals surface area contributed by atoms with Crippen LogP contribution in [-0.4, -0.2) is 22.3 Å². The number of amides is 1. The van der Waals surface area contributed by atoms with Gasteiger partial charge >= 0.3 is 0 Å². The third kappa shape index (κ3) is 2.99. The zero-order chi connectivity index (χ0) is 12.3. The van der Waals surface area contributed by atoms with Gasteiger partial charge in [0.25, 0.3) is 5.91 Å². The van der Waals surface area contributed by atoms with Gasteiger partial charge in [-0.15, -0.1) is 22.9 Å². The summed E-state index contributed by atoms with van der Waals surface area (Å²) in [5, 5.41) is 3.10. The van der Waals surface area contributed by atoms with E-state index in [9.17, 15) is 4.79 Å². The van der Waals surface area contributed by atoms with E-state index in [0.717, 1.165) is 31.6 Å². The molecule has 1 aromatic rings. The number of carbonyl (C=O) groups excluding carboxylic acids is 1. The predicted octanol–water partition coefficient (Wildman–Crippen LogP) is 3.06. The van der Waals surface area contributed by atoms with E-state index >= 15 is 0 Å². The Hall–Kier alpha value is -0.610. The van der Waals surface area contributed by atoms with Crippen LogP contribution in [0.1, 0.15) is 42.3 Å². The molecule has 17 heavy (non-hydrogen) atoms. The molecule has 0 unspecified atom stereocenters. The molecule has 0 saturated heterocycles. The fourth-order valence-electron chi connectivity index (χ4n) is 2.24. The first-order chi connectivity index (χ1) is 8.15. The number of halogens is 1. The summed E-state index contributed by atoms with van der Waals surface area (Å²) in [6, 6.07) is 0. The average Bonchev–Trinajstić information content (AvgIpc) is 2.86. The van der Waals surface area contributed by atoms with Crippen LogP contribution in [-0.2, 0) is 0 Å². The summed E-state index contributed by atoms with van der Waals surface area (Å²) < 4.78 is 0. The van der Waals surface area contributed by atoms with Gasteiger partial charge < -0.3 is 5.32 Å². The molecule has 0 aromatic carbocycles.